The zero-order chi connectivity index (χ0) is 12.3. The van der Waals surface area contributed by atoms with Gasteiger partial charge in [0.15, 0.2) is 0 Å². The second-order valence-corrected chi connectivity index (χ2v) is 4.45. The standard InChI is InChI=1S/C13H16N2O2/c1-17-11-4-3-10(8-14)12(7-11)15-9-13(16)5-2-6-13/h3-4,7,15-16H,2,5-6,9H2,1H3. The van der Waals surface area contributed by atoms with Gasteiger partial charge in [-0.05, 0) is 31.4 Å². The first-order valence-corrected chi connectivity index (χ1v) is 5.71. The Balaban J connectivity index is 2.10. The molecule has 0 unspecified atom stereocenters. The van der Waals surface area contributed by atoms with Gasteiger partial charge in [0.1, 0.15) is 11.8 Å². The summed E-state index contributed by atoms with van der Waals surface area (Å²) in [7, 11) is 1.59. The maximum absolute atomic E-state index is 9.98. The number of rotatable bonds is 4. The summed E-state index contributed by atoms with van der Waals surface area (Å²) >= 11 is 0. The number of methoxy groups -OCH3 is 1. The summed E-state index contributed by atoms with van der Waals surface area (Å²) in [5.41, 5.74) is 0.677. The molecule has 0 bridgehead atoms. The number of nitrogens with one attached hydrogen (secondary N) is 1. The lowest BCUT2D eigenvalue weighted by atomic mass is 9.80. The summed E-state index contributed by atoms with van der Waals surface area (Å²) in [4.78, 5) is 0. The van der Waals surface area contributed by atoms with E-state index in [2.05, 4.69) is 11.4 Å². The van der Waals surface area contributed by atoms with E-state index < -0.39 is 5.60 Å². The number of aliphatic hydroxyl groups is 1. The van der Waals surface area contributed by atoms with Gasteiger partial charge in [0.2, 0.25) is 0 Å². The summed E-state index contributed by atoms with van der Waals surface area (Å²) in [5, 5.41) is 22.1. The number of ether oxygens (including phenoxy) is 1. The molecule has 1 aromatic rings. The molecule has 2 N–H and O–H groups in total. The first-order chi connectivity index (χ1) is 8.17. The Hall–Kier alpha value is -1.73. The van der Waals surface area contributed by atoms with Crippen molar-refractivity contribution in [1.82, 2.24) is 0 Å². The number of anilines is 1. The molecule has 0 spiro atoms. The maximum Gasteiger partial charge on any atom is 0.121 e. The summed E-state index contributed by atoms with van der Waals surface area (Å²) in [6.07, 6.45) is 2.72. The van der Waals surface area contributed by atoms with Crippen LogP contribution in [0.5, 0.6) is 5.75 Å². The zero-order valence-corrected chi connectivity index (χ0v) is 9.86. The Morgan fingerprint density at radius 1 is 1.53 bits per heavy atom. The molecule has 1 aliphatic rings. The SMILES string of the molecule is COc1ccc(C#N)c(NCC2(O)CCC2)c1. The van der Waals surface area contributed by atoms with E-state index in [0.29, 0.717) is 23.5 Å². The summed E-state index contributed by atoms with van der Waals surface area (Å²) in [6, 6.07) is 7.36. The van der Waals surface area contributed by atoms with E-state index in [4.69, 9.17) is 10.00 Å². The number of nitriles is 1. The first-order valence-electron chi connectivity index (χ1n) is 5.71. The lowest BCUT2D eigenvalue weighted by molar-refractivity contribution is -0.0202. The van der Waals surface area contributed by atoms with Gasteiger partial charge in [-0.3, -0.25) is 0 Å². The Morgan fingerprint density at radius 2 is 2.29 bits per heavy atom. The molecule has 17 heavy (non-hydrogen) atoms. The van der Waals surface area contributed by atoms with Gasteiger partial charge in [-0.1, -0.05) is 0 Å². The molecule has 0 aliphatic heterocycles. The molecule has 0 aromatic heterocycles. The zero-order valence-electron chi connectivity index (χ0n) is 9.86. The molecule has 4 heteroatoms. The molecule has 0 atom stereocenters. The highest BCUT2D eigenvalue weighted by Crippen LogP contribution is 2.32. The van der Waals surface area contributed by atoms with Gasteiger partial charge < -0.3 is 15.2 Å². The molecule has 0 heterocycles. The molecule has 2 rings (SSSR count). The van der Waals surface area contributed by atoms with E-state index in [0.717, 1.165) is 19.3 Å². The van der Waals surface area contributed by atoms with E-state index in [1.807, 2.05) is 0 Å². The Morgan fingerprint density at radius 3 is 2.82 bits per heavy atom. The van der Waals surface area contributed by atoms with Crippen LogP contribution in [-0.4, -0.2) is 24.4 Å². The van der Waals surface area contributed by atoms with Crippen molar-refractivity contribution in [2.24, 2.45) is 0 Å². The van der Waals surface area contributed by atoms with Gasteiger partial charge >= 0.3 is 0 Å². The second-order valence-electron chi connectivity index (χ2n) is 4.45. The molecular formula is C13H16N2O2. The maximum atomic E-state index is 9.98. The Labute approximate surface area is 101 Å². The smallest absolute Gasteiger partial charge is 0.121 e. The highest BCUT2D eigenvalue weighted by molar-refractivity contribution is 5.60. The molecular weight excluding hydrogens is 216 g/mol. The molecule has 1 aliphatic carbocycles. The van der Waals surface area contributed by atoms with E-state index in [1.165, 1.54) is 0 Å². The van der Waals surface area contributed by atoms with Crippen molar-refractivity contribution < 1.29 is 9.84 Å². The van der Waals surface area contributed by atoms with E-state index in [1.54, 1.807) is 25.3 Å². The van der Waals surface area contributed by atoms with Crippen molar-refractivity contribution in [2.45, 2.75) is 24.9 Å². The van der Waals surface area contributed by atoms with Crippen LogP contribution in [-0.2, 0) is 0 Å². The van der Waals surface area contributed by atoms with Gasteiger partial charge in [0, 0.05) is 12.6 Å². The van der Waals surface area contributed by atoms with Crippen LogP contribution in [0, 0.1) is 11.3 Å². The number of hydrogen-bond acceptors (Lipinski definition) is 4. The Kier molecular flexibility index (Phi) is 3.21. The average molecular weight is 232 g/mol. The fourth-order valence-corrected chi connectivity index (χ4v) is 1.92. The van der Waals surface area contributed by atoms with Crippen molar-refractivity contribution in [3.8, 4) is 11.8 Å². The molecule has 0 amide bonds. The van der Waals surface area contributed by atoms with Gasteiger partial charge in [-0.25, -0.2) is 0 Å². The molecule has 4 nitrogen and oxygen atoms in total. The molecule has 90 valence electrons. The molecule has 1 saturated carbocycles. The van der Waals surface area contributed by atoms with E-state index in [-0.39, 0.29) is 0 Å². The minimum absolute atomic E-state index is 0.481. The number of nitrogens with zero attached hydrogens (tertiary/aromatic N) is 1. The van der Waals surface area contributed by atoms with Crippen molar-refractivity contribution in [1.29, 1.82) is 5.26 Å². The Bertz CT molecular complexity index is 447. The number of hydrogen-bond donors (Lipinski definition) is 2. The molecule has 1 aromatic carbocycles. The summed E-state index contributed by atoms with van der Waals surface area (Å²) in [6.45, 7) is 0.481. The van der Waals surface area contributed by atoms with Crippen LogP contribution in [0.2, 0.25) is 0 Å². The predicted molar refractivity (Wildman–Crippen MR) is 65.0 cm³/mol. The van der Waals surface area contributed by atoms with Crippen LogP contribution >= 0.6 is 0 Å². The van der Waals surface area contributed by atoms with Crippen LogP contribution in [0.25, 0.3) is 0 Å². The molecule has 1 fully saturated rings. The van der Waals surface area contributed by atoms with Crippen LogP contribution in [0.1, 0.15) is 24.8 Å². The third kappa shape index (κ3) is 2.51. The molecule has 0 radical (unpaired) electrons. The monoisotopic (exact) mass is 232 g/mol. The third-order valence-electron chi connectivity index (χ3n) is 3.24. The number of benzene rings is 1. The predicted octanol–water partition coefficient (Wildman–Crippen LogP) is 1.89. The van der Waals surface area contributed by atoms with Crippen LogP contribution in [0.15, 0.2) is 18.2 Å². The summed E-state index contributed by atoms with van der Waals surface area (Å²) < 4.78 is 5.11. The van der Waals surface area contributed by atoms with Crippen LogP contribution in [0.4, 0.5) is 5.69 Å². The fraction of sp³-hybridized carbons (Fsp3) is 0.462. The average Bonchev–Trinajstić information content (AvgIpc) is 2.33. The lowest BCUT2D eigenvalue weighted by Gasteiger charge is -2.37. The highest BCUT2D eigenvalue weighted by Gasteiger charge is 2.34. The normalized spacial score (nSPS) is 16.8. The largest absolute Gasteiger partial charge is 0.497 e. The van der Waals surface area contributed by atoms with Crippen LogP contribution in [0.3, 0.4) is 0 Å². The van der Waals surface area contributed by atoms with Crippen molar-refractivity contribution in [3.63, 3.8) is 0 Å². The molecule has 0 saturated heterocycles. The van der Waals surface area contributed by atoms with Crippen molar-refractivity contribution >= 4 is 5.69 Å². The van der Waals surface area contributed by atoms with Crippen LogP contribution < -0.4 is 10.1 Å². The highest BCUT2D eigenvalue weighted by atomic mass is 16.5. The van der Waals surface area contributed by atoms with E-state index in [9.17, 15) is 5.11 Å². The topological polar surface area (TPSA) is 65.3 Å². The lowest BCUT2D eigenvalue weighted by Crippen LogP contribution is -2.43. The van der Waals surface area contributed by atoms with Gasteiger partial charge in [-0.2, -0.15) is 5.26 Å². The van der Waals surface area contributed by atoms with Crippen molar-refractivity contribution in [3.05, 3.63) is 23.8 Å². The quantitative estimate of drug-likeness (QED) is 0.832. The van der Waals surface area contributed by atoms with E-state index >= 15 is 0 Å². The summed E-state index contributed by atoms with van der Waals surface area (Å²) in [5.74, 6) is 0.701. The minimum atomic E-state index is -0.601. The second kappa shape index (κ2) is 4.64. The van der Waals surface area contributed by atoms with Gasteiger partial charge in [-0.15, -0.1) is 0 Å². The van der Waals surface area contributed by atoms with Gasteiger partial charge in [0.05, 0.1) is 24.0 Å². The fourth-order valence-electron chi connectivity index (χ4n) is 1.92. The van der Waals surface area contributed by atoms with Crippen molar-refractivity contribution in [2.75, 3.05) is 19.0 Å². The van der Waals surface area contributed by atoms with Gasteiger partial charge in [0.25, 0.3) is 0 Å². The third-order valence-corrected chi connectivity index (χ3v) is 3.24. The minimum Gasteiger partial charge on any atom is -0.497 e. The first kappa shape index (κ1) is 11.7.